The van der Waals surface area contributed by atoms with Crippen molar-refractivity contribution in [2.45, 2.75) is 13.0 Å². The fourth-order valence-corrected chi connectivity index (χ4v) is 2.08. The van der Waals surface area contributed by atoms with Crippen LogP contribution in [0.5, 0.6) is 0 Å². The van der Waals surface area contributed by atoms with E-state index in [0.29, 0.717) is 11.7 Å². The maximum absolute atomic E-state index is 10.0. The monoisotopic (exact) mass is 286 g/mol. The van der Waals surface area contributed by atoms with Crippen LogP contribution < -0.4 is 10.6 Å². The highest BCUT2D eigenvalue weighted by Gasteiger charge is 2.07. The van der Waals surface area contributed by atoms with E-state index in [1.165, 1.54) is 5.56 Å². The Labute approximate surface area is 124 Å². The van der Waals surface area contributed by atoms with E-state index in [0.717, 1.165) is 11.3 Å². The molecule has 0 saturated heterocycles. The molecule has 2 rings (SSSR count). The highest BCUT2D eigenvalue weighted by Crippen LogP contribution is 2.11. The van der Waals surface area contributed by atoms with Crippen LogP contribution in [0.2, 0.25) is 0 Å². The lowest BCUT2D eigenvalue weighted by Crippen LogP contribution is -2.32. The molecule has 104 valence electrons. The summed E-state index contributed by atoms with van der Waals surface area (Å²) in [5.41, 5.74) is 2.98. The van der Waals surface area contributed by atoms with Gasteiger partial charge in [-0.3, -0.25) is 0 Å². The molecule has 0 unspecified atom stereocenters. The molecule has 0 aromatic heterocycles. The molecule has 0 heterocycles. The zero-order chi connectivity index (χ0) is 14.4. The van der Waals surface area contributed by atoms with Gasteiger partial charge in [-0.2, -0.15) is 0 Å². The van der Waals surface area contributed by atoms with Crippen molar-refractivity contribution in [3.8, 4) is 0 Å². The molecule has 20 heavy (non-hydrogen) atoms. The Kier molecular flexibility index (Phi) is 5.09. The second-order valence-corrected chi connectivity index (χ2v) is 5.04. The Balaban J connectivity index is 1.83. The summed E-state index contributed by atoms with van der Waals surface area (Å²) in [6.07, 6.45) is -0.576. The van der Waals surface area contributed by atoms with E-state index >= 15 is 0 Å². The van der Waals surface area contributed by atoms with Crippen molar-refractivity contribution in [2.24, 2.45) is 0 Å². The number of anilines is 1. The molecular formula is C16H18N2OS. The number of aryl methyl sites for hydroxylation is 1. The smallest absolute Gasteiger partial charge is 0.170 e. The normalized spacial score (nSPS) is 11.7. The Morgan fingerprint density at radius 3 is 2.60 bits per heavy atom. The number of thiocarbonyl (C=S) groups is 1. The standard InChI is InChI=1S/C16H18N2OS/c1-12-6-5-9-14(10-12)18-16(20)17-11-15(19)13-7-3-2-4-8-13/h2-10,15,19H,11H2,1H3,(H2,17,18,20)/t15-/m1/s1. The second kappa shape index (κ2) is 7.03. The Morgan fingerprint density at radius 2 is 1.90 bits per heavy atom. The summed E-state index contributed by atoms with van der Waals surface area (Å²) in [5.74, 6) is 0. The van der Waals surface area contributed by atoms with Crippen molar-refractivity contribution in [3.63, 3.8) is 0 Å². The van der Waals surface area contributed by atoms with Gasteiger partial charge in [-0.25, -0.2) is 0 Å². The van der Waals surface area contributed by atoms with Crippen molar-refractivity contribution in [1.29, 1.82) is 0 Å². The summed E-state index contributed by atoms with van der Waals surface area (Å²) in [7, 11) is 0. The summed E-state index contributed by atoms with van der Waals surface area (Å²) in [6.45, 7) is 2.41. The Bertz CT molecular complexity index is 572. The molecule has 0 saturated carbocycles. The van der Waals surface area contributed by atoms with Crippen LogP contribution in [0.3, 0.4) is 0 Å². The van der Waals surface area contributed by atoms with E-state index in [4.69, 9.17) is 12.2 Å². The van der Waals surface area contributed by atoms with Crippen LogP contribution in [-0.2, 0) is 0 Å². The molecule has 0 aliphatic heterocycles. The number of aliphatic hydroxyl groups excluding tert-OH is 1. The van der Waals surface area contributed by atoms with Crippen molar-refractivity contribution >= 4 is 23.0 Å². The van der Waals surface area contributed by atoms with Crippen LogP contribution in [0, 0.1) is 6.92 Å². The lowest BCUT2D eigenvalue weighted by Gasteiger charge is -2.15. The molecule has 0 bridgehead atoms. The van der Waals surface area contributed by atoms with E-state index in [1.807, 2.05) is 61.5 Å². The molecule has 4 heteroatoms. The van der Waals surface area contributed by atoms with E-state index in [-0.39, 0.29) is 0 Å². The molecule has 2 aromatic carbocycles. The number of rotatable bonds is 4. The average Bonchev–Trinajstić information content (AvgIpc) is 2.46. The van der Waals surface area contributed by atoms with Crippen LogP contribution in [0.15, 0.2) is 54.6 Å². The molecule has 0 aliphatic rings. The van der Waals surface area contributed by atoms with Gasteiger partial charge < -0.3 is 15.7 Å². The van der Waals surface area contributed by atoms with Gasteiger partial charge >= 0.3 is 0 Å². The summed E-state index contributed by atoms with van der Waals surface area (Å²) >= 11 is 5.21. The zero-order valence-corrected chi connectivity index (χ0v) is 12.2. The molecule has 0 amide bonds. The quantitative estimate of drug-likeness (QED) is 0.756. The molecular weight excluding hydrogens is 268 g/mol. The van der Waals surface area contributed by atoms with Crippen LogP contribution in [0.25, 0.3) is 0 Å². The van der Waals surface area contributed by atoms with Gasteiger partial charge in [-0.15, -0.1) is 0 Å². The van der Waals surface area contributed by atoms with Gasteiger partial charge in [-0.1, -0.05) is 42.5 Å². The highest BCUT2D eigenvalue weighted by molar-refractivity contribution is 7.80. The van der Waals surface area contributed by atoms with Crippen LogP contribution in [0.1, 0.15) is 17.2 Å². The molecule has 3 N–H and O–H groups in total. The number of aliphatic hydroxyl groups is 1. The first kappa shape index (κ1) is 14.5. The van der Waals surface area contributed by atoms with Gasteiger partial charge in [0.05, 0.1) is 6.10 Å². The topological polar surface area (TPSA) is 44.3 Å². The molecule has 3 nitrogen and oxygen atoms in total. The average molecular weight is 286 g/mol. The summed E-state index contributed by atoms with van der Waals surface area (Å²) in [5, 5.41) is 16.7. The summed E-state index contributed by atoms with van der Waals surface area (Å²) in [4.78, 5) is 0. The lowest BCUT2D eigenvalue weighted by molar-refractivity contribution is 0.181. The van der Waals surface area contributed by atoms with Gasteiger partial charge in [0, 0.05) is 12.2 Å². The van der Waals surface area contributed by atoms with Crippen molar-refractivity contribution in [3.05, 3.63) is 65.7 Å². The molecule has 0 aliphatic carbocycles. The van der Waals surface area contributed by atoms with Crippen molar-refractivity contribution in [1.82, 2.24) is 5.32 Å². The summed E-state index contributed by atoms with van der Waals surface area (Å²) in [6, 6.07) is 17.5. The van der Waals surface area contributed by atoms with Crippen LogP contribution >= 0.6 is 12.2 Å². The van der Waals surface area contributed by atoms with E-state index < -0.39 is 6.10 Å². The molecule has 0 fully saturated rings. The van der Waals surface area contributed by atoms with Crippen LogP contribution in [-0.4, -0.2) is 16.8 Å². The molecule has 0 spiro atoms. The number of benzene rings is 2. The van der Waals surface area contributed by atoms with Gasteiger partial charge in [0.25, 0.3) is 0 Å². The minimum Gasteiger partial charge on any atom is -0.387 e. The largest absolute Gasteiger partial charge is 0.387 e. The fourth-order valence-electron chi connectivity index (χ4n) is 1.88. The molecule has 1 atom stereocenters. The maximum Gasteiger partial charge on any atom is 0.170 e. The van der Waals surface area contributed by atoms with Crippen LogP contribution in [0.4, 0.5) is 5.69 Å². The first-order chi connectivity index (χ1) is 9.65. The first-order valence-corrected chi connectivity index (χ1v) is 6.90. The SMILES string of the molecule is Cc1cccc(NC(=S)NC[C@@H](O)c2ccccc2)c1. The third-order valence-corrected chi connectivity index (χ3v) is 3.16. The summed E-state index contributed by atoms with van der Waals surface area (Å²) < 4.78 is 0. The molecule has 0 radical (unpaired) electrons. The molecule has 2 aromatic rings. The van der Waals surface area contributed by atoms with Crippen molar-refractivity contribution < 1.29 is 5.11 Å². The van der Waals surface area contributed by atoms with E-state index in [9.17, 15) is 5.11 Å². The van der Waals surface area contributed by atoms with E-state index in [2.05, 4.69) is 10.6 Å². The van der Waals surface area contributed by atoms with Crippen molar-refractivity contribution in [2.75, 3.05) is 11.9 Å². The minimum absolute atomic E-state index is 0.377. The number of hydrogen-bond donors (Lipinski definition) is 3. The Morgan fingerprint density at radius 1 is 1.15 bits per heavy atom. The third-order valence-electron chi connectivity index (χ3n) is 2.92. The lowest BCUT2D eigenvalue weighted by atomic mass is 10.1. The predicted molar refractivity (Wildman–Crippen MR) is 86.8 cm³/mol. The maximum atomic E-state index is 10.0. The fraction of sp³-hybridized carbons (Fsp3) is 0.188. The number of hydrogen-bond acceptors (Lipinski definition) is 2. The predicted octanol–water partition coefficient (Wildman–Crippen LogP) is 3.02. The highest BCUT2D eigenvalue weighted by atomic mass is 32.1. The minimum atomic E-state index is -0.576. The van der Waals surface area contributed by atoms with E-state index in [1.54, 1.807) is 0 Å². The van der Waals surface area contributed by atoms with Gasteiger partial charge in [0.2, 0.25) is 0 Å². The number of nitrogens with one attached hydrogen (secondary N) is 2. The van der Waals surface area contributed by atoms with Gasteiger partial charge in [-0.05, 0) is 42.4 Å². The van der Waals surface area contributed by atoms with Gasteiger partial charge in [0.15, 0.2) is 5.11 Å². The van der Waals surface area contributed by atoms with Gasteiger partial charge in [0.1, 0.15) is 0 Å². The Hall–Kier alpha value is -1.91. The third kappa shape index (κ3) is 4.33. The first-order valence-electron chi connectivity index (χ1n) is 6.49. The second-order valence-electron chi connectivity index (χ2n) is 4.63. The zero-order valence-electron chi connectivity index (χ0n) is 11.3.